The number of carbonyl (C=O) groups excluding carboxylic acids is 2. The van der Waals surface area contributed by atoms with Gasteiger partial charge in [-0.1, -0.05) is 29.8 Å². The maximum Gasteiger partial charge on any atom is 0.388 e. The maximum atomic E-state index is 12.1. The fourth-order valence-corrected chi connectivity index (χ4v) is 2.32. The van der Waals surface area contributed by atoms with Crippen molar-refractivity contribution in [2.45, 2.75) is 13.0 Å². The zero-order valence-electron chi connectivity index (χ0n) is 14.7. The summed E-state index contributed by atoms with van der Waals surface area (Å²) in [6.45, 7) is 1.64. The number of aliphatic carboxylic acids is 1. The molecule has 10 heteroatoms. The molecule has 8 nitrogen and oxygen atoms in total. The normalized spacial score (nSPS) is 11.4. The van der Waals surface area contributed by atoms with Gasteiger partial charge in [0.15, 0.2) is 12.4 Å². The molecule has 0 radical (unpaired) electrons. The average Bonchev–Trinajstić information content (AvgIpc) is 2.64. The molecule has 0 aliphatic heterocycles. The van der Waals surface area contributed by atoms with Crippen LogP contribution >= 0.6 is 11.6 Å². The number of benzene rings is 1. The Morgan fingerprint density at radius 2 is 1.89 bits per heavy atom. The number of carboxylic acid groups (broad SMARTS) is 1. The van der Waals surface area contributed by atoms with E-state index in [4.69, 9.17) is 16.3 Å². The highest BCUT2D eigenvalue weighted by atomic mass is 79.9. The van der Waals surface area contributed by atoms with Crippen molar-refractivity contribution in [2.24, 2.45) is 5.10 Å². The van der Waals surface area contributed by atoms with Crippen molar-refractivity contribution >= 4 is 35.7 Å². The SMILES string of the molecule is CCOC(=O)C(C(=O)O)[n+]1ccc(C(=O)N/N=C/c2ccccc2Cl)cc1.[Br-]. The highest BCUT2D eigenvalue weighted by molar-refractivity contribution is 6.33. The molecular formula is C18H17BrClN3O5. The zero-order chi connectivity index (χ0) is 19.8. The number of ether oxygens (including phenoxy) is 1. The van der Waals surface area contributed by atoms with Crippen LogP contribution in [0.2, 0.25) is 5.02 Å². The molecule has 0 spiro atoms. The second-order valence-electron chi connectivity index (χ2n) is 5.25. The molecule has 1 aromatic carbocycles. The van der Waals surface area contributed by atoms with Crippen LogP contribution in [0.3, 0.4) is 0 Å². The van der Waals surface area contributed by atoms with Crippen LogP contribution in [-0.2, 0) is 14.3 Å². The summed E-state index contributed by atoms with van der Waals surface area (Å²) in [5, 5.41) is 13.5. The first-order valence-electron chi connectivity index (χ1n) is 7.92. The molecule has 0 aliphatic rings. The molecule has 28 heavy (non-hydrogen) atoms. The molecule has 1 aromatic heterocycles. The predicted molar refractivity (Wildman–Crippen MR) is 96.5 cm³/mol. The van der Waals surface area contributed by atoms with Gasteiger partial charge in [0.25, 0.3) is 5.91 Å². The lowest BCUT2D eigenvalue weighted by Crippen LogP contribution is -3.00. The minimum absolute atomic E-state index is 0. The number of rotatable bonds is 7. The Labute approximate surface area is 176 Å². The number of amides is 1. The number of esters is 1. The number of carbonyl (C=O) groups is 3. The Kier molecular flexibility index (Phi) is 9.26. The number of carboxylic acids is 1. The third-order valence-corrected chi connectivity index (χ3v) is 3.78. The number of hydrogen-bond donors (Lipinski definition) is 2. The highest BCUT2D eigenvalue weighted by Gasteiger charge is 2.37. The summed E-state index contributed by atoms with van der Waals surface area (Å²) in [6, 6.07) is 8.21. The minimum atomic E-state index is -1.53. The largest absolute Gasteiger partial charge is 1.00 e. The van der Waals surface area contributed by atoms with Crippen molar-refractivity contribution in [1.29, 1.82) is 0 Å². The van der Waals surface area contributed by atoms with Gasteiger partial charge in [-0.2, -0.15) is 9.67 Å². The first-order valence-corrected chi connectivity index (χ1v) is 8.30. The fourth-order valence-electron chi connectivity index (χ4n) is 2.14. The van der Waals surface area contributed by atoms with Gasteiger partial charge in [-0.15, -0.1) is 0 Å². The second-order valence-corrected chi connectivity index (χ2v) is 5.65. The lowest BCUT2D eigenvalue weighted by atomic mass is 10.2. The lowest BCUT2D eigenvalue weighted by molar-refractivity contribution is -0.699. The van der Waals surface area contributed by atoms with Crippen molar-refractivity contribution in [2.75, 3.05) is 6.61 Å². The van der Waals surface area contributed by atoms with E-state index in [0.717, 1.165) is 4.57 Å². The van der Waals surface area contributed by atoms with Gasteiger partial charge in [0, 0.05) is 22.7 Å². The standard InChI is InChI=1S/C18H16ClN3O5.BrH/c1-2-27-18(26)15(17(24)25)22-9-7-12(8-10-22)16(23)21-20-11-13-5-3-4-6-14(13)19;/h3-11,15H,2H2,1H3,(H-,21,23,24,25);1H. The number of hydrogen-bond acceptors (Lipinski definition) is 5. The lowest BCUT2D eigenvalue weighted by Gasteiger charge is -2.07. The highest BCUT2D eigenvalue weighted by Crippen LogP contribution is 2.12. The van der Waals surface area contributed by atoms with Crippen LogP contribution in [0.1, 0.15) is 28.9 Å². The number of nitrogens with one attached hydrogen (secondary N) is 1. The molecule has 0 bridgehead atoms. The van der Waals surface area contributed by atoms with Crippen molar-refractivity contribution < 1.29 is 45.8 Å². The monoisotopic (exact) mass is 469 g/mol. The van der Waals surface area contributed by atoms with Gasteiger partial charge in [-0.3, -0.25) is 4.79 Å². The van der Waals surface area contributed by atoms with Crippen LogP contribution in [0.15, 0.2) is 53.9 Å². The molecule has 148 valence electrons. The van der Waals surface area contributed by atoms with E-state index < -0.39 is 23.9 Å². The van der Waals surface area contributed by atoms with E-state index in [1.165, 1.54) is 30.7 Å². The van der Waals surface area contributed by atoms with Gasteiger partial charge in [0.05, 0.1) is 18.4 Å². The molecule has 1 amide bonds. The van der Waals surface area contributed by atoms with Gasteiger partial charge in [-0.05, 0) is 13.0 Å². The third kappa shape index (κ3) is 6.14. The summed E-state index contributed by atoms with van der Waals surface area (Å²) in [4.78, 5) is 35.2. The zero-order valence-corrected chi connectivity index (χ0v) is 17.1. The second kappa shape index (κ2) is 11.2. The quantitative estimate of drug-likeness (QED) is 0.170. The first kappa shape index (κ1) is 23.3. The van der Waals surface area contributed by atoms with Crippen molar-refractivity contribution in [3.8, 4) is 0 Å². The van der Waals surface area contributed by atoms with E-state index in [1.807, 2.05) is 0 Å². The van der Waals surface area contributed by atoms with Gasteiger partial charge in [0.2, 0.25) is 0 Å². The minimum Gasteiger partial charge on any atom is -1.00 e. The van der Waals surface area contributed by atoms with Crippen LogP contribution in [0.4, 0.5) is 0 Å². The van der Waals surface area contributed by atoms with Crippen LogP contribution < -0.4 is 27.0 Å². The molecule has 0 aliphatic carbocycles. The molecule has 2 N–H and O–H groups in total. The summed E-state index contributed by atoms with van der Waals surface area (Å²) < 4.78 is 5.90. The van der Waals surface area contributed by atoms with E-state index in [9.17, 15) is 19.5 Å². The number of aromatic nitrogens is 1. The average molecular weight is 471 g/mol. The van der Waals surface area contributed by atoms with E-state index in [2.05, 4.69) is 10.5 Å². The number of pyridine rings is 1. The molecule has 1 unspecified atom stereocenters. The van der Waals surface area contributed by atoms with Crippen molar-refractivity contribution in [3.63, 3.8) is 0 Å². The van der Waals surface area contributed by atoms with Gasteiger partial charge in [-0.25, -0.2) is 15.0 Å². The van der Waals surface area contributed by atoms with Crippen LogP contribution in [0.25, 0.3) is 0 Å². The molecule has 1 atom stereocenters. The Morgan fingerprint density at radius 3 is 2.46 bits per heavy atom. The van der Waals surface area contributed by atoms with Crippen LogP contribution in [-0.4, -0.2) is 35.8 Å². The van der Waals surface area contributed by atoms with E-state index in [0.29, 0.717) is 10.6 Å². The molecule has 0 fully saturated rings. The van der Waals surface area contributed by atoms with Gasteiger partial charge < -0.3 is 26.8 Å². The maximum absolute atomic E-state index is 12.1. The number of hydrazone groups is 1. The molecular weight excluding hydrogens is 454 g/mol. The fraction of sp³-hybridized carbons (Fsp3) is 0.167. The van der Waals surface area contributed by atoms with E-state index in [-0.39, 0.29) is 29.2 Å². The Balaban J connectivity index is 0.00000392. The predicted octanol–water partition coefficient (Wildman–Crippen LogP) is -1.42. The van der Waals surface area contributed by atoms with Crippen molar-refractivity contribution in [3.05, 3.63) is 64.9 Å². The number of nitrogens with zero attached hydrogens (tertiary/aromatic N) is 2. The smallest absolute Gasteiger partial charge is 0.388 e. The molecule has 0 saturated carbocycles. The van der Waals surface area contributed by atoms with E-state index >= 15 is 0 Å². The van der Waals surface area contributed by atoms with Crippen LogP contribution in [0.5, 0.6) is 0 Å². The Bertz CT molecular complexity index is 874. The number of halogens is 2. The summed E-state index contributed by atoms with van der Waals surface area (Å²) >= 11 is 5.98. The Hall–Kier alpha value is -2.78. The summed E-state index contributed by atoms with van der Waals surface area (Å²) in [6.07, 6.45) is 4.02. The van der Waals surface area contributed by atoms with Crippen LogP contribution in [0, 0.1) is 0 Å². The summed E-state index contributed by atoms with van der Waals surface area (Å²) in [5.74, 6) is -2.76. The Morgan fingerprint density at radius 1 is 1.25 bits per heavy atom. The molecule has 1 heterocycles. The van der Waals surface area contributed by atoms with Gasteiger partial charge in [0.1, 0.15) is 0 Å². The van der Waals surface area contributed by atoms with Gasteiger partial charge >= 0.3 is 18.0 Å². The molecule has 0 saturated heterocycles. The summed E-state index contributed by atoms with van der Waals surface area (Å²) in [5.41, 5.74) is 3.22. The first-order chi connectivity index (χ1) is 12.9. The van der Waals surface area contributed by atoms with E-state index in [1.54, 1.807) is 31.2 Å². The topological polar surface area (TPSA) is 109 Å². The molecule has 2 aromatic rings. The third-order valence-electron chi connectivity index (χ3n) is 3.43. The summed E-state index contributed by atoms with van der Waals surface area (Å²) in [7, 11) is 0. The molecule has 2 rings (SSSR count). The van der Waals surface area contributed by atoms with Crippen molar-refractivity contribution in [1.82, 2.24) is 5.43 Å².